The van der Waals surface area contributed by atoms with E-state index < -0.39 is 30.1 Å². The molecule has 0 spiro atoms. The third-order valence-corrected chi connectivity index (χ3v) is 4.75. The van der Waals surface area contributed by atoms with E-state index in [0.717, 1.165) is 28.8 Å². The highest BCUT2D eigenvalue weighted by Gasteiger charge is 2.33. The molecule has 0 radical (unpaired) electrons. The fourth-order valence-electron chi connectivity index (χ4n) is 2.44. The van der Waals surface area contributed by atoms with Crippen molar-refractivity contribution in [2.75, 3.05) is 24.7 Å². The van der Waals surface area contributed by atoms with Gasteiger partial charge in [-0.05, 0) is 24.3 Å². The molecule has 0 fully saturated rings. The number of likely N-dealkylation sites (N-methyl/N-ethyl adjacent to an activating group) is 1. The lowest BCUT2D eigenvalue weighted by Crippen LogP contribution is -2.36. The third kappa shape index (κ3) is 6.04. The monoisotopic (exact) mass is 451 g/mol. The molecule has 1 aromatic carbocycles. The summed E-state index contributed by atoms with van der Waals surface area (Å²) in [6.07, 6.45) is -1.46. The average Bonchev–Trinajstić information content (AvgIpc) is 3.21. The highest BCUT2D eigenvalue weighted by Crippen LogP contribution is 2.34. The van der Waals surface area contributed by atoms with E-state index in [1.807, 2.05) is 0 Å². The van der Waals surface area contributed by atoms with E-state index in [9.17, 15) is 22.8 Å². The number of carbonyl (C=O) groups excluding carboxylic acids is 2. The fraction of sp³-hybridized carbons (Fsp3) is 0.211. The Labute approximate surface area is 178 Å². The molecule has 2 amide bonds. The molecule has 0 unspecified atom stereocenters. The number of alkyl halides is 3. The average molecular weight is 451 g/mol. The molecule has 31 heavy (non-hydrogen) atoms. The minimum atomic E-state index is -4.61. The summed E-state index contributed by atoms with van der Waals surface area (Å²) in [5, 5.41) is 10.1. The number of hydrogen-bond acceptors (Lipinski definition) is 7. The van der Waals surface area contributed by atoms with Crippen LogP contribution >= 0.6 is 11.8 Å². The minimum absolute atomic E-state index is 0.0996. The molecule has 0 saturated heterocycles. The van der Waals surface area contributed by atoms with Crippen LogP contribution in [-0.4, -0.2) is 51.2 Å². The largest absolute Gasteiger partial charge is 0.418 e. The number of benzene rings is 1. The number of halogens is 3. The Hall–Kier alpha value is -3.41. The van der Waals surface area contributed by atoms with Crippen molar-refractivity contribution >= 4 is 29.3 Å². The molecule has 3 rings (SSSR count). The Bertz CT molecular complexity index is 1060. The summed E-state index contributed by atoms with van der Waals surface area (Å²) in [4.78, 5) is 29.4. The summed E-state index contributed by atoms with van der Waals surface area (Å²) < 4.78 is 44.5. The second-order valence-corrected chi connectivity index (χ2v) is 7.17. The maximum atomic E-state index is 13.0. The molecule has 12 heteroatoms. The SMILES string of the molecule is CN(CC(=O)Nc1ccccc1C(F)(F)F)C(=O)CSc1nnc(-c2cccnc2)o1. The van der Waals surface area contributed by atoms with Gasteiger partial charge in [0.05, 0.1) is 29.1 Å². The van der Waals surface area contributed by atoms with E-state index in [4.69, 9.17) is 4.42 Å². The molecule has 162 valence electrons. The van der Waals surface area contributed by atoms with Crippen LogP contribution in [0.2, 0.25) is 0 Å². The number of amides is 2. The Morgan fingerprint density at radius 3 is 2.65 bits per heavy atom. The predicted octanol–water partition coefficient (Wildman–Crippen LogP) is 3.34. The van der Waals surface area contributed by atoms with Crippen LogP contribution in [0.3, 0.4) is 0 Å². The van der Waals surface area contributed by atoms with Gasteiger partial charge in [0.25, 0.3) is 5.22 Å². The molecule has 0 atom stereocenters. The van der Waals surface area contributed by atoms with Gasteiger partial charge in [0.2, 0.25) is 17.7 Å². The van der Waals surface area contributed by atoms with E-state index in [1.165, 1.54) is 19.2 Å². The molecule has 8 nitrogen and oxygen atoms in total. The van der Waals surface area contributed by atoms with Gasteiger partial charge in [-0.1, -0.05) is 23.9 Å². The molecular formula is C19H16F3N5O3S. The van der Waals surface area contributed by atoms with Crippen molar-refractivity contribution in [1.29, 1.82) is 0 Å². The normalized spacial score (nSPS) is 11.2. The number of aromatic nitrogens is 3. The Morgan fingerprint density at radius 2 is 1.94 bits per heavy atom. The number of thioether (sulfide) groups is 1. The third-order valence-electron chi connectivity index (χ3n) is 3.95. The maximum Gasteiger partial charge on any atom is 0.418 e. The summed E-state index contributed by atoms with van der Waals surface area (Å²) in [5.74, 6) is -1.05. The van der Waals surface area contributed by atoms with Crippen LogP contribution in [0.25, 0.3) is 11.5 Å². The Kier molecular flexibility index (Phi) is 6.90. The number of nitrogens with one attached hydrogen (secondary N) is 1. The van der Waals surface area contributed by atoms with Crippen LogP contribution in [0, 0.1) is 0 Å². The number of para-hydroxylation sites is 1. The Morgan fingerprint density at radius 1 is 1.16 bits per heavy atom. The molecule has 1 N–H and O–H groups in total. The van der Waals surface area contributed by atoms with Crippen molar-refractivity contribution in [3.05, 3.63) is 54.4 Å². The van der Waals surface area contributed by atoms with Crippen molar-refractivity contribution < 1.29 is 27.2 Å². The van der Waals surface area contributed by atoms with E-state index in [1.54, 1.807) is 24.5 Å². The number of rotatable bonds is 7. The first-order chi connectivity index (χ1) is 14.7. The lowest BCUT2D eigenvalue weighted by Gasteiger charge is -2.18. The summed E-state index contributed by atoms with van der Waals surface area (Å²) >= 11 is 0.977. The molecule has 2 heterocycles. The molecular weight excluding hydrogens is 435 g/mol. The van der Waals surface area contributed by atoms with E-state index in [2.05, 4.69) is 20.5 Å². The van der Waals surface area contributed by atoms with Gasteiger partial charge in [-0.15, -0.1) is 10.2 Å². The highest BCUT2D eigenvalue weighted by atomic mass is 32.2. The second-order valence-electron chi connectivity index (χ2n) is 6.24. The zero-order chi connectivity index (χ0) is 22.4. The predicted molar refractivity (Wildman–Crippen MR) is 106 cm³/mol. The van der Waals surface area contributed by atoms with Crippen molar-refractivity contribution in [2.24, 2.45) is 0 Å². The highest BCUT2D eigenvalue weighted by molar-refractivity contribution is 7.99. The quantitative estimate of drug-likeness (QED) is 0.550. The van der Waals surface area contributed by atoms with Crippen LogP contribution in [0.4, 0.5) is 18.9 Å². The van der Waals surface area contributed by atoms with Gasteiger partial charge in [0.15, 0.2) is 0 Å². The molecule has 0 aliphatic heterocycles. The first-order valence-electron chi connectivity index (χ1n) is 8.81. The number of nitrogens with zero attached hydrogens (tertiary/aromatic N) is 4. The number of pyridine rings is 1. The van der Waals surface area contributed by atoms with Crippen molar-refractivity contribution in [3.63, 3.8) is 0 Å². The van der Waals surface area contributed by atoms with E-state index in [0.29, 0.717) is 5.56 Å². The lowest BCUT2D eigenvalue weighted by molar-refractivity contribution is -0.137. The maximum absolute atomic E-state index is 13.0. The van der Waals surface area contributed by atoms with Gasteiger partial charge in [0, 0.05) is 19.4 Å². The van der Waals surface area contributed by atoms with Crippen LogP contribution < -0.4 is 5.32 Å². The van der Waals surface area contributed by atoms with Gasteiger partial charge in [0.1, 0.15) is 0 Å². The van der Waals surface area contributed by atoms with E-state index >= 15 is 0 Å². The molecule has 0 saturated carbocycles. The first kappa shape index (κ1) is 22.3. The van der Waals surface area contributed by atoms with Gasteiger partial charge < -0.3 is 14.6 Å². The van der Waals surface area contributed by atoms with Gasteiger partial charge in [-0.25, -0.2) is 0 Å². The Balaban J connectivity index is 1.52. The summed E-state index contributed by atoms with van der Waals surface area (Å²) in [5.41, 5.74) is -0.709. The van der Waals surface area contributed by atoms with Crippen LogP contribution in [0.15, 0.2) is 58.4 Å². The number of anilines is 1. The molecule has 0 aliphatic carbocycles. The summed E-state index contributed by atoms with van der Waals surface area (Å²) in [6.45, 7) is -0.420. The standard InChI is InChI=1S/C19H16F3N5O3S/c1-27(10-15(28)24-14-7-3-2-6-13(14)19(20,21)22)16(29)11-31-18-26-25-17(30-18)12-5-4-8-23-9-12/h2-9H,10-11H2,1H3,(H,24,28). The van der Waals surface area contributed by atoms with Gasteiger partial charge in [-0.3, -0.25) is 14.6 Å². The zero-order valence-corrected chi connectivity index (χ0v) is 16.9. The molecule has 0 bridgehead atoms. The van der Waals surface area contributed by atoms with E-state index in [-0.39, 0.29) is 22.6 Å². The fourth-order valence-corrected chi connectivity index (χ4v) is 3.14. The second kappa shape index (κ2) is 9.60. The van der Waals surface area contributed by atoms with Gasteiger partial charge >= 0.3 is 6.18 Å². The zero-order valence-electron chi connectivity index (χ0n) is 16.1. The van der Waals surface area contributed by atoms with Crippen molar-refractivity contribution in [2.45, 2.75) is 11.4 Å². The van der Waals surface area contributed by atoms with Gasteiger partial charge in [-0.2, -0.15) is 13.2 Å². The van der Waals surface area contributed by atoms with Crippen LogP contribution in [0.1, 0.15) is 5.56 Å². The number of hydrogen-bond donors (Lipinski definition) is 1. The lowest BCUT2D eigenvalue weighted by atomic mass is 10.1. The van der Waals surface area contributed by atoms with Crippen LogP contribution in [0.5, 0.6) is 0 Å². The summed E-state index contributed by atoms with van der Waals surface area (Å²) in [6, 6.07) is 8.06. The molecule has 3 aromatic rings. The van der Waals surface area contributed by atoms with Crippen molar-refractivity contribution in [3.8, 4) is 11.5 Å². The first-order valence-corrected chi connectivity index (χ1v) is 9.79. The minimum Gasteiger partial charge on any atom is -0.411 e. The topological polar surface area (TPSA) is 101 Å². The van der Waals surface area contributed by atoms with Crippen LogP contribution in [-0.2, 0) is 15.8 Å². The molecule has 2 aromatic heterocycles. The molecule has 0 aliphatic rings. The van der Waals surface area contributed by atoms with Crippen molar-refractivity contribution in [1.82, 2.24) is 20.1 Å². The number of carbonyl (C=O) groups is 2. The smallest absolute Gasteiger partial charge is 0.411 e. The summed E-state index contributed by atoms with van der Waals surface area (Å²) in [7, 11) is 1.37.